The fourth-order valence-electron chi connectivity index (χ4n) is 2.11. The van der Waals surface area contributed by atoms with Crippen molar-refractivity contribution in [2.45, 2.75) is 0 Å². The van der Waals surface area contributed by atoms with E-state index in [-0.39, 0.29) is 17.1 Å². The van der Waals surface area contributed by atoms with E-state index in [1.165, 1.54) is 36.5 Å². The molecular formula is C18H13F2N3O. The van der Waals surface area contributed by atoms with Crippen molar-refractivity contribution >= 4 is 23.1 Å². The molecule has 2 N–H and O–H groups in total. The number of nitrogens with one attached hydrogen (secondary N) is 2. The molecule has 4 nitrogen and oxygen atoms in total. The molecule has 0 aliphatic heterocycles. The third kappa shape index (κ3) is 3.55. The molecule has 1 heterocycles. The molecule has 0 bridgehead atoms. The first kappa shape index (κ1) is 15.6. The Morgan fingerprint density at radius 3 is 2.42 bits per heavy atom. The number of pyridine rings is 1. The number of anilines is 3. The zero-order valence-electron chi connectivity index (χ0n) is 12.5. The summed E-state index contributed by atoms with van der Waals surface area (Å²) in [6.07, 6.45) is 1.50. The maximum absolute atomic E-state index is 13.8. The summed E-state index contributed by atoms with van der Waals surface area (Å²) in [5, 5.41) is 5.46. The zero-order chi connectivity index (χ0) is 16.9. The van der Waals surface area contributed by atoms with Gasteiger partial charge in [0.05, 0.1) is 11.3 Å². The molecule has 0 fully saturated rings. The Balaban J connectivity index is 1.84. The number of aromatic nitrogens is 1. The summed E-state index contributed by atoms with van der Waals surface area (Å²) >= 11 is 0. The van der Waals surface area contributed by atoms with Crippen LogP contribution in [0.1, 0.15) is 10.4 Å². The van der Waals surface area contributed by atoms with Gasteiger partial charge < -0.3 is 10.6 Å². The molecular weight excluding hydrogens is 312 g/mol. The van der Waals surface area contributed by atoms with Crippen LogP contribution in [-0.2, 0) is 0 Å². The highest BCUT2D eigenvalue weighted by Crippen LogP contribution is 2.22. The van der Waals surface area contributed by atoms with Crippen LogP contribution in [0.4, 0.5) is 26.0 Å². The molecule has 0 saturated heterocycles. The van der Waals surface area contributed by atoms with Crippen LogP contribution in [0.15, 0.2) is 66.9 Å². The largest absolute Gasteiger partial charge is 0.337 e. The quantitative estimate of drug-likeness (QED) is 0.749. The Morgan fingerprint density at radius 1 is 0.917 bits per heavy atom. The third-order valence-corrected chi connectivity index (χ3v) is 3.28. The van der Waals surface area contributed by atoms with Crippen LogP contribution in [0.5, 0.6) is 0 Å². The van der Waals surface area contributed by atoms with Gasteiger partial charge in [0.1, 0.15) is 17.5 Å². The van der Waals surface area contributed by atoms with E-state index in [0.29, 0.717) is 5.69 Å². The van der Waals surface area contributed by atoms with Crippen LogP contribution in [0.25, 0.3) is 0 Å². The van der Waals surface area contributed by atoms with Crippen LogP contribution in [0, 0.1) is 11.6 Å². The fraction of sp³-hybridized carbons (Fsp3) is 0. The minimum atomic E-state index is -0.451. The Hall–Kier alpha value is -3.28. The van der Waals surface area contributed by atoms with E-state index < -0.39 is 17.5 Å². The maximum atomic E-state index is 13.8. The molecule has 3 rings (SSSR count). The number of benzene rings is 2. The van der Waals surface area contributed by atoms with E-state index in [9.17, 15) is 13.6 Å². The molecule has 24 heavy (non-hydrogen) atoms. The summed E-state index contributed by atoms with van der Waals surface area (Å²) in [6, 6.07) is 14.7. The lowest BCUT2D eigenvalue weighted by atomic mass is 10.2. The van der Waals surface area contributed by atoms with E-state index in [1.54, 1.807) is 30.3 Å². The Morgan fingerprint density at radius 2 is 1.67 bits per heavy atom. The van der Waals surface area contributed by atoms with Crippen LogP contribution in [-0.4, -0.2) is 10.9 Å². The topological polar surface area (TPSA) is 54.0 Å². The predicted molar refractivity (Wildman–Crippen MR) is 88.3 cm³/mol. The van der Waals surface area contributed by atoms with Crippen LogP contribution in [0.2, 0.25) is 0 Å². The van der Waals surface area contributed by atoms with Gasteiger partial charge in [-0.05, 0) is 48.5 Å². The summed E-state index contributed by atoms with van der Waals surface area (Å²) < 4.78 is 26.7. The highest BCUT2D eigenvalue weighted by molar-refractivity contribution is 6.07. The zero-order valence-corrected chi connectivity index (χ0v) is 12.5. The number of hydrogen-bond donors (Lipinski definition) is 2. The second-order valence-electron chi connectivity index (χ2n) is 4.97. The lowest BCUT2D eigenvalue weighted by Crippen LogP contribution is -2.14. The number of para-hydroxylation sites is 1. The number of amides is 1. The second-order valence-corrected chi connectivity index (χ2v) is 4.97. The van der Waals surface area contributed by atoms with Crippen molar-refractivity contribution in [2.24, 2.45) is 0 Å². The van der Waals surface area contributed by atoms with E-state index in [2.05, 4.69) is 15.6 Å². The Kier molecular flexibility index (Phi) is 4.47. The first-order valence-corrected chi connectivity index (χ1v) is 7.17. The summed E-state index contributed by atoms with van der Waals surface area (Å²) in [4.78, 5) is 16.5. The van der Waals surface area contributed by atoms with E-state index in [0.717, 1.165) is 0 Å². The monoisotopic (exact) mass is 325 g/mol. The molecule has 0 unspecified atom stereocenters. The van der Waals surface area contributed by atoms with Crippen LogP contribution in [0.3, 0.4) is 0 Å². The van der Waals surface area contributed by atoms with Gasteiger partial charge in [-0.25, -0.2) is 13.8 Å². The number of halogens is 2. The van der Waals surface area contributed by atoms with Crippen LogP contribution < -0.4 is 10.6 Å². The SMILES string of the molecule is O=C(Nc1ccc(F)cc1)c1cccnc1Nc1ccccc1F. The summed E-state index contributed by atoms with van der Waals surface area (Å²) in [6.45, 7) is 0. The average Bonchev–Trinajstić information content (AvgIpc) is 2.59. The number of hydrogen-bond acceptors (Lipinski definition) is 3. The first-order valence-electron chi connectivity index (χ1n) is 7.17. The van der Waals surface area contributed by atoms with Gasteiger partial charge >= 0.3 is 0 Å². The van der Waals surface area contributed by atoms with Gasteiger partial charge in [0.25, 0.3) is 5.91 Å². The minimum absolute atomic E-state index is 0.215. The minimum Gasteiger partial charge on any atom is -0.337 e. The summed E-state index contributed by atoms with van der Waals surface area (Å²) in [5.74, 6) is -1.06. The van der Waals surface area contributed by atoms with Gasteiger partial charge in [-0.2, -0.15) is 0 Å². The fourth-order valence-corrected chi connectivity index (χ4v) is 2.11. The van der Waals surface area contributed by atoms with Gasteiger partial charge in [-0.3, -0.25) is 4.79 Å². The molecule has 2 aromatic carbocycles. The van der Waals surface area contributed by atoms with Gasteiger partial charge in [0.2, 0.25) is 0 Å². The predicted octanol–water partition coefficient (Wildman–Crippen LogP) is 4.36. The summed E-state index contributed by atoms with van der Waals surface area (Å²) in [7, 11) is 0. The molecule has 1 aromatic heterocycles. The highest BCUT2D eigenvalue weighted by atomic mass is 19.1. The lowest BCUT2D eigenvalue weighted by Gasteiger charge is -2.11. The smallest absolute Gasteiger partial charge is 0.259 e. The van der Waals surface area contributed by atoms with Crippen molar-refractivity contribution in [3.63, 3.8) is 0 Å². The molecule has 6 heteroatoms. The van der Waals surface area contributed by atoms with E-state index in [4.69, 9.17) is 0 Å². The van der Waals surface area contributed by atoms with Crippen LogP contribution >= 0.6 is 0 Å². The second kappa shape index (κ2) is 6.87. The lowest BCUT2D eigenvalue weighted by molar-refractivity contribution is 0.102. The first-order chi connectivity index (χ1) is 11.6. The van der Waals surface area contributed by atoms with Crippen molar-refractivity contribution in [2.75, 3.05) is 10.6 Å². The molecule has 1 amide bonds. The Labute approximate surface area is 137 Å². The van der Waals surface area contributed by atoms with Crippen molar-refractivity contribution in [3.05, 3.63) is 84.1 Å². The number of rotatable bonds is 4. The van der Waals surface area contributed by atoms with Crippen molar-refractivity contribution in [1.29, 1.82) is 0 Å². The molecule has 3 aromatic rings. The van der Waals surface area contributed by atoms with E-state index >= 15 is 0 Å². The molecule has 0 atom stereocenters. The maximum Gasteiger partial charge on any atom is 0.259 e. The average molecular weight is 325 g/mol. The van der Waals surface area contributed by atoms with Gasteiger partial charge in [-0.1, -0.05) is 12.1 Å². The number of carbonyl (C=O) groups is 1. The normalized spacial score (nSPS) is 10.2. The van der Waals surface area contributed by atoms with E-state index in [1.807, 2.05) is 0 Å². The van der Waals surface area contributed by atoms with Crippen molar-refractivity contribution in [3.8, 4) is 0 Å². The molecule has 0 spiro atoms. The molecule has 0 aliphatic rings. The summed E-state index contributed by atoms with van der Waals surface area (Å²) in [5.41, 5.74) is 0.902. The number of carbonyl (C=O) groups excluding carboxylic acids is 1. The van der Waals surface area contributed by atoms with Crippen molar-refractivity contribution < 1.29 is 13.6 Å². The number of nitrogens with zero attached hydrogens (tertiary/aromatic N) is 1. The third-order valence-electron chi connectivity index (χ3n) is 3.28. The molecule has 0 aliphatic carbocycles. The highest BCUT2D eigenvalue weighted by Gasteiger charge is 2.14. The Bertz CT molecular complexity index is 866. The van der Waals surface area contributed by atoms with Gasteiger partial charge in [0.15, 0.2) is 0 Å². The standard InChI is InChI=1S/C18H13F2N3O/c19-12-7-9-13(10-8-12)22-18(24)14-4-3-11-21-17(14)23-16-6-2-1-5-15(16)20/h1-11H,(H,21,23)(H,22,24). The molecule has 0 radical (unpaired) electrons. The van der Waals surface area contributed by atoms with Gasteiger partial charge in [-0.15, -0.1) is 0 Å². The molecule has 0 saturated carbocycles. The molecule has 120 valence electrons. The van der Waals surface area contributed by atoms with Gasteiger partial charge in [0, 0.05) is 11.9 Å². The van der Waals surface area contributed by atoms with Crippen molar-refractivity contribution in [1.82, 2.24) is 4.98 Å².